The lowest BCUT2D eigenvalue weighted by molar-refractivity contribution is -0.135. The van der Waals surface area contributed by atoms with Crippen LogP contribution in [0.15, 0.2) is 11.1 Å². The number of piperidine rings is 1. The molecular weight excluding hydrogens is 346 g/mol. The molecule has 1 saturated heterocycles. The lowest BCUT2D eigenvalue weighted by Gasteiger charge is -2.35. The van der Waals surface area contributed by atoms with Gasteiger partial charge in [-0.1, -0.05) is 13.3 Å². The number of fused-ring (bicyclic) bond motifs is 3. The quantitative estimate of drug-likeness (QED) is 0.774. The maximum atomic E-state index is 13.1. The van der Waals surface area contributed by atoms with Crippen LogP contribution < -0.4 is 5.56 Å². The number of likely N-dealkylation sites (tertiary alicyclic amines) is 1. The third kappa shape index (κ3) is 3.20. The van der Waals surface area contributed by atoms with Crippen LogP contribution in [0.3, 0.4) is 0 Å². The third-order valence-electron chi connectivity index (χ3n) is 5.92. The van der Waals surface area contributed by atoms with Gasteiger partial charge in [0.2, 0.25) is 5.91 Å². The van der Waals surface area contributed by atoms with E-state index in [4.69, 9.17) is 0 Å². The van der Waals surface area contributed by atoms with Crippen molar-refractivity contribution >= 4 is 27.5 Å². The fourth-order valence-corrected chi connectivity index (χ4v) is 5.68. The number of aromatic nitrogens is 2. The van der Waals surface area contributed by atoms with Crippen molar-refractivity contribution in [2.24, 2.45) is 0 Å². The second kappa shape index (κ2) is 7.51. The fraction of sp³-hybridized carbons (Fsp3) is 0.650. The first-order valence-corrected chi connectivity index (χ1v) is 10.8. The average molecular weight is 374 g/mol. The van der Waals surface area contributed by atoms with Gasteiger partial charge in [0.25, 0.3) is 5.56 Å². The topological polar surface area (TPSA) is 55.2 Å². The van der Waals surface area contributed by atoms with Gasteiger partial charge in [0, 0.05) is 17.5 Å². The van der Waals surface area contributed by atoms with E-state index in [2.05, 4.69) is 11.9 Å². The Morgan fingerprint density at radius 3 is 2.92 bits per heavy atom. The summed E-state index contributed by atoms with van der Waals surface area (Å²) in [7, 11) is 0. The first-order valence-electron chi connectivity index (χ1n) is 9.98. The van der Waals surface area contributed by atoms with Crippen LogP contribution in [0.5, 0.6) is 0 Å². The van der Waals surface area contributed by atoms with Crippen molar-refractivity contribution in [1.82, 2.24) is 14.5 Å². The van der Waals surface area contributed by atoms with Crippen molar-refractivity contribution in [2.75, 3.05) is 6.54 Å². The molecule has 2 aromatic rings. The maximum Gasteiger partial charge on any atom is 0.262 e. The molecule has 0 aromatic carbocycles. The summed E-state index contributed by atoms with van der Waals surface area (Å²) in [5, 5.41) is 0.771. The van der Waals surface area contributed by atoms with Crippen LogP contribution in [-0.4, -0.2) is 32.9 Å². The number of carbonyl (C=O) groups excluding carboxylic acids is 1. The van der Waals surface area contributed by atoms with Gasteiger partial charge < -0.3 is 4.90 Å². The highest BCUT2D eigenvalue weighted by molar-refractivity contribution is 7.18. The molecule has 140 valence electrons. The monoisotopic (exact) mass is 373 g/mol. The molecule has 1 aliphatic carbocycles. The molecule has 26 heavy (non-hydrogen) atoms. The molecule has 0 N–H and O–H groups in total. The molecule has 4 rings (SSSR count). The Labute approximate surface area is 158 Å². The van der Waals surface area contributed by atoms with Gasteiger partial charge in [-0.05, 0) is 56.9 Å². The summed E-state index contributed by atoms with van der Waals surface area (Å²) in [5.41, 5.74) is 1.17. The van der Waals surface area contributed by atoms with Gasteiger partial charge >= 0.3 is 0 Å². The first-order chi connectivity index (χ1) is 12.7. The van der Waals surface area contributed by atoms with Crippen LogP contribution in [0.1, 0.15) is 62.3 Å². The number of nitrogens with zero attached hydrogens (tertiary/aromatic N) is 3. The van der Waals surface area contributed by atoms with Crippen molar-refractivity contribution in [3.63, 3.8) is 0 Å². The van der Waals surface area contributed by atoms with Crippen molar-refractivity contribution in [3.05, 3.63) is 27.1 Å². The summed E-state index contributed by atoms with van der Waals surface area (Å²) < 4.78 is 1.53. The molecule has 2 aromatic heterocycles. The molecule has 5 nitrogen and oxygen atoms in total. The Morgan fingerprint density at radius 1 is 1.23 bits per heavy atom. The summed E-state index contributed by atoms with van der Waals surface area (Å²) >= 11 is 1.67. The molecule has 0 saturated carbocycles. The van der Waals surface area contributed by atoms with Gasteiger partial charge in [0.1, 0.15) is 11.4 Å². The van der Waals surface area contributed by atoms with Crippen LogP contribution in [-0.2, 0) is 24.2 Å². The van der Waals surface area contributed by atoms with Gasteiger partial charge in [-0.2, -0.15) is 0 Å². The molecule has 1 amide bonds. The normalized spacial score (nSPS) is 20.8. The highest BCUT2D eigenvalue weighted by atomic mass is 32.1. The first kappa shape index (κ1) is 17.7. The lowest BCUT2D eigenvalue weighted by atomic mass is 10.00. The Kier molecular flexibility index (Phi) is 5.11. The summed E-state index contributed by atoms with van der Waals surface area (Å²) in [6.07, 6.45) is 11.5. The minimum atomic E-state index is -0.0344. The largest absolute Gasteiger partial charge is 0.338 e. The maximum absolute atomic E-state index is 13.1. The number of amides is 1. The van der Waals surface area contributed by atoms with Gasteiger partial charge in [-0.15, -0.1) is 11.3 Å². The van der Waals surface area contributed by atoms with E-state index in [1.54, 1.807) is 17.7 Å². The second-order valence-corrected chi connectivity index (χ2v) is 8.65. The highest BCUT2D eigenvalue weighted by Gasteiger charge is 2.26. The summed E-state index contributed by atoms with van der Waals surface area (Å²) in [6.45, 7) is 3.06. The van der Waals surface area contributed by atoms with Crippen molar-refractivity contribution in [2.45, 2.75) is 77.3 Å². The third-order valence-corrected chi connectivity index (χ3v) is 7.12. The number of thiophene rings is 1. The zero-order valence-corrected chi connectivity index (χ0v) is 16.3. The number of carbonyl (C=O) groups is 1. The number of aryl methyl sites for hydroxylation is 2. The summed E-state index contributed by atoms with van der Waals surface area (Å²) in [5.74, 6) is 0.0566. The molecule has 1 unspecified atom stereocenters. The molecule has 3 heterocycles. The van der Waals surface area contributed by atoms with E-state index in [0.29, 0.717) is 6.04 Å². The molecule has 6 heteroatoms. The predicted octanol–water partition coefficient (Wildman–Crippen LogP) is 3.52. The Bertz CT molecular complexity index is 870. The molecule has 2 aliphatic rings. The Balaban J connectivity index is 1.64. The summed E-state index contributed by atoms with van der Waals surface area (Å²) in [6, 6.07) is 0.320. The molecular formula is C20H27N3O2S. The average Bonchev–Trinajstić information content (AvgIpc) is 2.86. The van der Waals surface area contributed by atoms with Crippen LogP contribution in [0.2, 0.25) is 0 Å². The van der Waals surface area contributed by atoms with Crippen LogP contribution in [0.4, 0.5) is 0 Å². The SMILES string of the molecule is CCC1CCCCN1C(=O)Cn1cnc2sc3c(c2c1=O)CCCCC3. The standard InChI is InChI=1S/C20H27N3O2S/c1-2-14-8-6-7-11-23(14)17(24)12-22-13-21-19-18(20(22)25)15-9-4-3-5-10-16(15)26-19/h13-14H,2-12H2,1H3. The van der Waals surface area contributed by atoms with E-state index in [1.165, 1.54) is 34.3 Å². The second-order valence-electron chi connectivity index (χ2n) is 7.57. The highest BCUT2D eigenvalue weighted by Crippen LogP contribution is 2.32. The van der Waals surface area contributed by atoms with E-state index in [1.807, 2.05) is 4.90 Å². The van der Waals surface area contributed by atoms with Crippen LogP contribution in [0, 0.1) is 0 Å². The van der Waals surface area contributed by atoms with Gasteiger partial charge in [0.15, 0.2) is 0 Å². The van der Waals surface area contributed by atoms with E-state index < -0.39 is 0 Å². The van der Waals surface area contributed by atoms with Crippen molar-refractivity contribution in [3.8, 4) is 0 Å². The van der Waals surface area contributed by atoms with Gasteiger partial charge in [-0.25, -0.2) is 4.98 Å². The Morgan fingerprint density at radius 2 is 2.08 bits per heavy atom. The molecule has 0 radical (unpaired) electrons. The minimum absolute atomic E-state index is 0.0344. The number of rotatable bonds is 3. The zero-order valence-electron chi connectivity index (χ0n) is 15.5. The van der Waals surface area contributed by atoms with E-state index in [-0.39, 0.29) is 18.0 Å². The number of hydrogen-bond acceptors (Lipinski definition) is 4. The molecule has 1 atom stereocenters. The van der Waals surface area contributed by atoms with Gasteiger partial charge in [0.05, 0.1) is 11.7 Å². The minimum Gasteiger partial charge on any atom is -0.338 e. The molecule has 0 bridgehead atoms. The Hall–Kier alpha value is -1.69. The van der Waals surface area contributed by atoms with Gasteiger partial charge in [-0.3, -0.25) is 14.2 Å². The molecule has 1 fully saturated rings. The predicted molar refractivity (Wildman–Crippen MR) is 105 cm³/mol. The number of hydrogen-bond donors (Lipinski definition) is 0. The van der Waals surface area contributed by atoms with E-state index in [9.17, 15) is 9.59 Å². The van der Waals surface area contributed by atoms with Crippen LogP contribution >= 0.6 is 11.3 Å². The van der Waals surface area contributed by atoms with E-state index in [0.717, 1.165) is 55.3 Å². The molecule has 1 aliphatic heterocycles. The summed E-state index contributed by atoms with van der Waals surface area (Å²) in [4.78, 5) is 34.6. The van der Waals surface area contributed by atoms with Crippen LogP contribution in [0.25, 0.3) is 10.2 Å². The lowest BCUT2D eigenvalue weighted by Crippen LogP contribution is -2.45. The zero-order chi connectivity index (χ0) is 18.1. The van der Waals surface area contributed by atoms with E-state index >= 15 is 0 Å². The fourth-order valence-electron chi connectivity index (χ4n) is 4.46. The molecule has 0 spiro atoms. The smallest absolute Gasteiger partial charge is 0.262 e. The van der Waals surface area contributed by atoms with Crippen molar-refractivity contribution < 1.29 is 4.79 Å². The van der Waals surface area contributed by atoms with Crippen molar-refractivity contribution in [1.29, 1.82) is 0 Å².